The van der Waals surface area contributed by atoms with E-state index in [1.807, 2.05) is 18.5 Å². The van der Waals surface area contributed by atoms with Crippen LogP contribution in [0, 0.1) is 0 Å². The molecule has 0 N–H and O–H groups in total. The topological polar surface area (TPSA) is 31.0 Å². The first kappa shape index (κ1) is 17.9. The summed E-state index contributed by atoms with van der Waals surface area (Å²) in [5, 5.41) is 9.45. The van der Waals surface area contributed by atoms with Gasteiger partial charge < -0.3 is 8.98 Å². The zero-order chi connectivity index (χ0) is 22.2. The zero-order valence-electron chi connectivity index (χ0n) is 18.2. The second-order valence-electron chi connectivity index (χ2n) is 8.83. The molecule has 0 bridgehead atoms. The normalized spacial score (nSPS) is 12.1. The van der Waals surface area contributed by atoms with Crippen LogP contribution in [0.1, 0.15) is 0 Å². The standard InChI is InChI=1S/C31H18N2O/c1-2-8-23-22(7-1)28-25-10-4-6-12-27(25)34-31(28)29-24-9-3-5-11-26(24)33(30(23)29)21-14-13-20-18-32-16-15-19(20)17-21/h1-18H. The van der Waals surface area contributed by atoms with Crippen LogP contribution in [-0.4, -0.2) is 9.55 Å². The average molecular weight is 434 g/mol. The minimum Gasteiger partial charge on any atom is -0.455 e. The zero-order valence-corrected chi connectivity index (χ0v) is 18.2. The van der Waals surface area contributed by atoms with Gasteiger partial charge in [-0.3, -0.25) is 4.98 Å². The van der Waals surface area contributed by atoms with Crippen LogP contribution < -0.4 is 0 Å². The van der Waals surface area contributed by atoms with Gasteiger partial charge in [0.2, 0.25) is 0 Å². The summed E-state index contributed by atoms with van der Waals surface area (Å²) < 4.78 is 8.97. The smallest absolute Gasteiger partial charge is 0.146 e. The fourth-order valence-corrected chi connectivity index (χ4v) is 5.60. The van der Waals surface area contributed by atoms with E-state index in [0.717, 1.165) is 33.0 Å². The highest BCUT2D eigenvalue weighted by molar-refractivity contribution is 6.35. The van der Waals surface area contributed by atoms with Gasteiger partial charge in [-0.25, -0.2) is 0 Å². The monoisotopic (exact) mass is 434 g/mol. The summed E-state index contributed by atoms with van der Waals surface area (Å²) in [5.41, 5.74) is 5.35. The first-order valence-corrected chi connectivity index (χ1v) is 11.5. The first-order chi connectivity index (χ1) is 16.9. The fourth-order valence-electron chi connectivity index (χ4n) is 5.60. The largest absolute Gasteiger partial charge is 0.455 e. The lowest BCUT2D eigenvalue weighted by Gasteiger charge is -2.11. The Morgan fingerprint density at radius 1 is 0.618 bits per heavy atom. The Kier molecular flexibility index (Phi) is 3.39. The molecule has 0 saturated heterocycles. The molecule has 0 unspecified atom stereocenters. The molecule has 8 aromatic rings. The van der Waals surface area contributed by atoms with E-state index in [1.165, 1.54) is 38.0 Å². The second-order valence-corrected chi connectivity index (χ2v) is 8.83. The first-order valence-electron chi connectivity index (χ1n) is 11.5. The molecule has 0 aliphatic heterocycles. The van der Waals surface area contributed by atoms with E-state index >= 15 is 0 Å². The van der Waals surface area contributed by atoms with Crippen molar-refractivity contribution in [3.63, 3.8) is 0 Å². The molecule has 158 valence electrons. The van der Waals surface area contributed by atoms with Crippen molar-refractivity contribution in [2.45, 2.75) is 0 Å². The van der Waals surface area contributed by atoms with E-state index in [4.69, 9.17) is 4.42 Å². The average Bonchev–Trinajstić information content (AvgIpc) is 3.45. The number of benzene rings is 5. The van der Waals surface area contributed by atoms with E-state index in [-0.39, 0.29) is 0 Å². The lowest BCUT2D eigenvalue weighted by atomic mass is 9.99. The van der Waals surface area contributed by atoms with Crippen molar-refractivity contribution in [2.75, 3.05) is 0 Å². The Labute approximate surface area is 194 Å². The number of para-hydroxylation sites is 2. The summed E-state index contributed by atoms with van der Waals surface area (Å²) >= 11 is 0. The van der Waals surface area contributed by atoms with Crippen LogP contribution in [0.2, 0.25) is 0 Å². The van der Waals surface area contributed by atoms with Crippen LogP contribution in [-0.2, 0) is 0 Å². The molecule has 0 fully saturated rings. The van der Waals surface area contributed by atoms with Gasteiger partial charge >= 0.3 is 0 Å². The van der Waals surface area contributed by atoms with Crippen molar-refractivity contribution in [3.05, 3.63) is 109 Å². The summed E-state index contributed by atoms with van der Waals surface area (Å²) in [5.74, 6) is 0. The van der Waals surface area contributed by atoms with Gasteiger partial charge in [0.25, 0.3) is 0 Å². The summed E-state index contributed by atoms with van der Waals surface area (Å²) in [6.07, 6.45) is 3.77. The number of aromatic nitrogens is 2. The molecule has 0 atom stereocenters. The number of rotatable bonds is 1. The number of hydrogen-bond donors (Lipinski definition) is 0. The van der Waals surface area contributed by atoms with Crippen LogP contribution in [0.25, 0.3) is 71.0 Å². The van der Waals surface area contributed by atoms with Gasteiger partial charge in [-0.1, -0.05) is 66.7 Å². The van der Waals surface area contributed by atoms with Crippen molar-refractivity contribution in [2.24, 2.45) is 0 Å². The Hall–Kier alpha value is -4.63. The number of hydrogen-bond acceptors (Lipinski definition) is 2. The number of nitrogens with zero attached hydrogens (tertiary/aromatic N) is 2. The molecule has 5 aromatic carbocycles. The molecule has 0 aliphatic rings. The highest BCUT2D eigenvalue weighted by Crippen LogP contribution is 2.45. The van der Waals surface area contributed by atoms with Gasteiger partial charge in [0.15, 0.2) is 0 Å². The fraction of sp³-hybridized carbons (Fsp3) is 0. The van der Waals surface area contributed by atoms with Crippen LogP contribution in [0.5, 0.6) is 0 Å². The van der Waals surface area contributed by atoms with Crippen molar-refractivity contribution in [1.29, 1.82) is 0 Å². The Bertz CT molecular complexity index is 2080. The van der Waals surface area contributed by atoms with Gasteiger partial charge in [0.05, 0.1) is 16.4 Å². The van der Waals surface area contributed by atoms with Gasteiger partial charge in [0.1, 0.15) is 11.2 Å². The predicted molar refractivity (Wildman–Crippen MR) is 141 cm³/mol. The van der Waals surface area contributed by atoms with Crippen molar-refractivity contribution in [3.8, 4) is 5.69 Å². The maximum absolute atomic E-state index is 6.58. The Morgan fingerprint density at radius 3 is 2.29 bits per heavy atom. The van der Waals surface area contributed by atoms with E-state index in [2.05, 4.69) is 101 Å². The van der Waals surface area contributed by atoms with Crippen LogP contribution in [0.4, 0.5) is 0 Å². The molecular formula is C31H18N2O. The van der Waals surface area contributed by atoms with E-state index in [9.17, 15) is 0 Å². The quantitative estimate of drug-likeness (QED) is 0.260. The SMILES string of the molecule is c1ccc2c(c1)oc1c2c2ccccc2c2c1c1ccccc1n2-c1ccc2cnccc2c1. The third-order valence-electron chi connectivity index (χ3n) is 7.03. The molecule has 0 amide bonds. The van der Waals surface area contributed by atoms with Gasteiger partial charge in [-0.15, -0.1) is 0 Å². The van der Waals surface area contributed by atoms with E-state index in [1.54, 1.807) is 0 Å². The second kappa shape index (κ2) is 6.46. The molecule has 34 heavy (non-hydrogen) atoms. The van der Waals surface area contributed by atoms with Gasteiger partial charge in [-0.05, 0) is 41.1 Å². The lowest BCUT2D eigenvalue weighted by molar-refractivity contribution is 0.673. The Morgan fingerprint density at radius 2 is 1.38 bits per heavy atom. The minimum atomic E-state index is 0.921. The Balaban J connectivity index is 1.68. The summed E-state index contributed by atoms with van der Waals surface area (Å²) in [7, 11) is 0. The summed E-state index contributed by atoms with van der Waals surface area (Å²) in [6, 6.07) is 34.3. The lowest BCUT2D eigenvalue weighted by Crippen LogP contribution is -1.95. The molecule has 3 heterocycles. The highest BCUT2D eigenvalue weighted by Gasteiger charge is 2.22. The van der Waals surface area contributed by atoms with Crippen LogP contribution in [0.15, 0.2) is 114 Å². The van der Waals surface area contributed by atoms with Crippen molar-refractivity contribution < 1.29 is 4.42 Å². The molecule has 0 saturated carbocycles. The maximum Gasteiger partial charge on any atom is 0.146 e. The molecule has 3 aromatic heterocycles. The van der Waals surface area contributed by atoms with Crippen molar-refractivity contribution in [1.82, 2.24) is 9.55 Å². The number of furan rings is 1. The van der Waals surface area contributed by atoms with E-state index < -0.39 is 0 Å². The maximum atomic E-state index is 6.58. The molecule has 0 spiro atoms. The highest BCUT2D eigenvalue weighted by atomic mass is 16.3. The molecule has 3 nitrogen and oxygen atoms in total. The summed E-state index contributed by atoms with van der Waals surface area (Å²) in [4.78, 5) is 4.28. The molecular weight excluding hydrogens is 416 g/mol. The van der Waals surface area contributed by atoms with Gasteiger partial charge in [0, 0.05) is 45.0 Å². The predicted octanol–water partition coefficient (Wildman–Crippen LogP) is 8.38. The molecule has 3 heteroatoms. The van der Waals surface area contributed by atoms with Crippen LogP contribution in [0.3, 0.4) is 0 Å². The van der Waals surface area contributed by atoms with Gasteiger partial charge in [-0.2, -0.15) is 0 Å². The van der Waals surface area contributed by atoms with Crippen LogP contribution >= 0.6 is 0 Å². The minimum absolute atomic E-state index is 0.921. The van der Waals surface area contributed by atoms with Crippen molar-refractivity contribution >= 4 is 65.3 Å². The third-order valence-corrected chi connectivity index (χ3v) is 7.03. The number of fused-ring (bicyclic) bond motifs is 11. The number of pyridine rings is 1. The molecule has 0 aliphatic carbocycles. The van der Waals surface area contributed by atoms with E-state index in [0.29, 0.717) is 0 Å². The summed E-state index contributed by atoms with van der Waals surface area (Å²) in [6.45, 7) is 0. The third kappa shape index (κ3) is 2.23. The molecule has 8 rings (SSSR count). The molecule has 0 radical (unpaired) electrons.